The van der Waals surface area contributed by atoms with Gasteiger partial charge in [0.25, 0.3) is 0 Å². The molecule has 0 spiro atoms. The van der Waals surface area contributed by atoms with E-state index in [1.165, 1.54) is 19.1 Å². The number of aromatic hydroxyl groups is 3. The highest BCUT2D eigenvalue weighted by Crippen LogP contribution is 2.43. The van der Waals surface area contributed by atoms with Crippen molar-refractivity contribution >= 4 is 5.76 Å². The zero-order chi connectivity index (χ0) is 31.3. The quantitative estimate of drug-likeness (QED) is 0.161. The van der Waals surface area contributed by atoms with E-state index in [1.807, 2.05) is 0 Å². The first-order valence-electron chi connectivity index (χ1n) is 13.1. The summed E-state index contributed by atoms with van der Waals surface area (Å²) in [5, 5.41) is 112. The van der Waals surface area contributed by atoms with Crippen LogP contribution >= 0.6 is 0 Å². The summed E-state index contributed by atoms with van der Waals surface area (Å²) in [6.45, 7) is 0.612. The second-order valence-electron chi connectivity index (χ2n) is 10.4. The summed E-state index contributed by atoms with van der Waals surface area (Å²) < 4.78 is 28.8. The van der Waals surface area contributed by atoms with Crippen LogP contribution in [-0.4, -0.2) is 130 Å². The molecule has 16 nitrogen and oxygen atoms in total. The minimum Gasteiger partial charge on any atom is -0.508 e. The first kappa shape index (κ1) is 30.9. The van der Waals surface area contributed by atoms with Crippen LogP contribution in [0.25, 0.3) is 5.76 Å². The maximum absolute atomic E-state index is 10.9. The van der Waals surface area contributed by atoms with Gasteiger partial charge in [-0.2, -0.15) is 0 Å². The van der Waals surface area contributed by atoms with Crippen molar-refractivity contribution in [2.24, 2.45) is 0 Å². The lowest BCUT2D eigenvalue weighted by molar-refractivity contribution is -0.360. The molecule has 0 aromatic heterocycles. The van der Waals surface area contributed by atoms with Gasteiger partial charge >= 0.3 is 0 Å². The van der Waals surface area contributed by atoms with E-state index >= 15 is 0 Å². The molecule has 1 aromatic carbocycles. The van der Waals surface area contributed by atoms with Gasteiger partial charge < -0.3 is 79.9 Å². The lowest BCUT2D eigenvalue weighted by atomic mass is 9.96. The Kier molecular flexibility index (Phi) is 8.50. The number of ether oxygens (including phenoxy) is 5. The predicted molar refractivity (Wildman–Crippen MR) is 139 cm³/mol. The molecule has 5 rings (SSSR count). The van der Waals surface area contributed by atoms with Crippen LogP contribution < -0.4 is 0 Å². The van der Waals surface area contributed by atoms with Gasteiger partial charge in [-0.3, -0.25) is 0 Å². The van der Waals surface area contributed by atoms with E-state index in [0.29, 0.717) is 0 Å². The second-order valence-corrected chi connectivity index (χ2v) is 10.4. The fraction of sp³-hybridized carbons (Fsp3) is 0.481. The summed E-state index contributed by atoms with van der Waals surface area (Å²) in [4.78, 5) is 0. The number of fused-ring (bicyclic) bond motifs is 1. The van der Waals surface area contributed by atoms with Crippen LogP contribution in [0.15, 0.2) is 53.2 Å². The highest BCUT2D eigenvalue weighted by atomic mass is 16.8. The number of aliphatic hydroxyl groups is 8. The SMILES string of the molecule is CC1OC(OC2C(OC3=C(c4cc(O)c(O)c(O)c4)OC4C=C(O)C=C(O)C4=C3)OC(CO)C(O)C2O)C(O)C(O)C1O. The Labute approximate surface area is 243 Å². The molecule has 43 heavy (non-hydrogen) atoms. The van der Waals surface area contributed by atoms with Crippen LogP contribution in [0.5, 0.6) is 17.2 Å². The molecule has 0 amide bonds. The van der Waals surface area contributed by atoms with Crippen LogP contribution in [0.3, 0.4) is 0 Å². The largest absolute Gasteiger partial charge is 0.508 e. The summed E-state index contributed by atoms with van der Waals surface area (Å²) in [5.74, 6) is -3.56. The van der Waals surface area contributed by atoms with Gasteiger partial charge in [-0.25, -0.2) is 0 Å². The molecular weight excluding hydrogens is 580 g/mol. The first-order chi connectivity index (χ1) is 20.3. The number of phenols is 3. The first-order valence-corrected chi connectivity index (χ1v) is 13.1. The van der Waals surface area contributed by atoms with E-state index in [2.05, 4.69) is 0 Å². The van der Waals surface area contributed by atoms with Gasteiger partial charge in [0.1, 0.15) is 54.2 Å². The average Bonchev–Trinajstić information content (AvgIpc) is 2.96. The summed E-state index contributed by atoms with van der Waals surface area (Å²) in [5.41, 5.74) is 0.0119. The Morgan fingerprint density at radius 3 is 2.12 bits per heavy atom. The normalized spacial score (nSPS) is 37.9. The molecule has 16 heteroatoms. The summed E-state index contributed by atoms with van der Waals surface area (Å²) in [6.07, 6.45) is -13.7. The minimum absolute atomic E-state index is 0.0652. The highest BCUT2D eigenvalue weighted by molar-refractivity contribution is 5.72. The summed E-state index contributed by atoms with van der Waals surface area (Å²) >= 11 is 0. The van der Waals surface area contributed by atoms with Gasteiger partial charge in [0.05, 0.1) is 12.7 Å². The van der Waals surface area contributed by atoms with Gasteiger partial charge in [0, 0.05) is 23.3 Å². The fourth-order valence-corrected chi connectivity index (χ4v) is 5.04. The molecule has 3 heterocycles. The van der Waals surface area contributed by atoms with E-state index in [1.54, 1.807) is 0 Å². The molecule has 1 aliphatic carbocycles. The molecule has 2 fully saturated rings. The molecule has 0 saturated carbocycles. The number of rotatable bonds is 6. The molecule has 11 atom stereocenters. The molecule has 4 aliphatic rings. The molecule has 3 aliphatic heterocycles. The maximum atomic E-state index is 10.9. The lowest BCUT2D eigenvalue weighted by Gasteiger charge is -2.46. The van der Waals surface area contributed by atoms with Crippen LogP contribution in [0, 0.1) is 0 Å². The highest BCUT2D eigenvalue weighted by Gasteiger charge is 2.51. The van der Waals surface area contributed by atoms with Crippen LogP contribution in [0.4, 0.5) is 0 Å². The van der Waals surface area contributed by atoms with Gasteiger partial charge in [-0.1, -0.05) is 0 Å². The zero-order valence-corrected chi connectivity index (χ0v) is 22.4. The Balaban J connectivity index is 1.55. The van der Waals surface area contributed by atoms with E-state index in [4.69, 9.17) is 23.7 Å². The molecule has 11 unspecified atom stereocenters. The van der Waals surface area contributed by atoms with Crippen molar-refractivity contribution < 1.29 is 79.9 Å². The third-order valence-corrected chi connectivity index (χ3v) is 7.46. The van der Waals surface area contributed by atoms with Crippen LogP contribution in [0.2, 0.25) is 0 Å². The molecule has 0 radical (unpaired) electrons. The number of hydrogen-bond acceptors (Lipinski definition) is 16. The number of allylic oxidation sites excluding steroid dienone is 2. The van der Waals surface area contributed by atoms with Crippen molar-refractivity contribution in [3.8, 4) is 17.2 Å². The number of benzene rings is 1. The summed E-state index contributed by atoms with van der Waals surface area (Å²) in [7, 11) is 0. The van der Waals surface area contributed by atoms with Gasteiger partial charge in [-0.05, 0) is 25.1 Å². The van der Waals surface area contributed by atoms with E-state index in [9.17, 15) is 56.2 Å². The Morgan fingerprint density at radius 1 is 0.791 bits per heavy atom. The topological polar surface area (TPSA) is 269 Å². The minimum atomic E-state index is -1.84. The van der Waals surface area contributed by atoms with Crippen LogP contribution in [0.1, 0.15) is 12.5 Å². The molecule has 0 bridgehead atoms. The molecule has 11 N–H and O–H groups in total. The third kappa shape index (κ3) is 5.72. The monoisotopic (exact) mass is 612 g/mol. The van der Waals surface area contributed by atoms with Gasteiger partial charge in [0.15, 0.2) is 41.2 Å². The van der Waals surface area contributed by atoms with E-state index in [0.717, 1.165) is 18.2 Å². The molecule has 236 valence electrons. The Hall–Kier alpha value is -3.58. The Bertz CT molecular complexity index is 1330. The average molecular weight is 613 g/mol. The lowest BCUT2D eigenvalue weighted by Crippen LogP contribution is -2.64. The number of aliphatic hydroxyl groups excluding tert-OH is 8. The molecular formula is C27H32O16. The summed E-state index contributed by atoms with van der Waals surface area (Å²) in [6, 6.07) is 2.03. The number of phenolic OH excluding ortho intramolecular Hbond substituents is 3. The van der Waals surface area contributed by atoms with Crippen molar-refractivity contribution in [1.82, 2.24) is 0 Å². The molecule has 1 aromatic rings. The predicted octanol–water partition coefficient (Wildman–Crippen LogP) is -1.64. The van der Waals surface area contributed by atoms with Crippen molar-refractivity contribution in [3.63, 3.8) is 0 Å². The van der Waals surface area contributed by atoms with Crippen molar-refractivity contribution in [2.75, 3.05) is 6.61 Å². The smallest absolute Gasteiger partial charge is 0.229 e. The van der Waals surface area contributed by atoms with Gasteiger partial charge in [-0.15, -0.1) is 0 Å². The van der Waals surface area contributed by atoms with E-state index < -0.39 is 97.1 Å². The van der Waals surface area contributed by atoms with Gasteiger partial charge in [0.2, 0.25) is 6.29 Å². The zero-order valence-electron chi connectivity index (χ0n) is 22.4. The number of hydrogen-bond donors (Lipinski definition) is 11. The second kappa shape index (κ2) is 11.8. The van der Waals surface area contributed by atoms with Crippen molar-refractivity contribution in [2.45, 2.75) is 74.4 Å². The molecule has 2 saturated heterocycles. The van der Waals surface area contributed by atoms with Crippen molar-refractivity contribution in [3.05, 3.63) is 58.8 Å². The fourth-order valence-electron chi connectivity index (χ4n) is 5.04. The van der Waals surface area contributed by atoms with E-state index in [-0.39, 0.29) is 28.4 Å². The van der Waals surface area contributed by atoms with Crippen molar-refractivity contribution in [1.29, 1.82) is 0 Å². The standard InChI is InChI=1S/C27H32O16/c1-8-18(33)21(36)23(38)26(39-8)43-25-22(37)20(35)17(7-28)42-27(25)41-16-6-11-12(30)4-10(29)5-15(11)40-24(16)9-2-13(31)19(34)14(32)3-9/h2-6,8,15,17-18,20-23,25-38H,7H2,1H3. The van der Waals surface area contributed by atoms with Crippen LogP contribution in [-0.2, 0) is 23.7 Å². The third-order valence-electron chi connectivity index (χ3n) is 7.46. The maximum Gasteiger partial charge on any atom is 0.229 e. The Morgan fingerprint density at radius 2 is 1.47 bits per heavy atom.